The molecule has 4 heteroatoms. The second kappa shape index (κ2) is 5.68. The fourth-order valence-electron chi connectivity index (χ4n) is 2.18. The molecule has 1 aromatic rings. The second-order valence-corrected chi connectivity index (χ2v) is 4.20. The first kappa shape index (κ1) is 11.9. The van der Waals surface area contributed by atoms with E-state index in [9.17, 15) is 4.79 Å². The summed E-state index contributed by atoms with van der Waals surface area (Å²) in [6.45, 7) is 0.468. The van der Waals surface area contributed by atoms with Crippen LogP contribution in [0.1, 0.15) is 29.5 Å². The van der Waals surface area contributed by atoms with E-state index in [4.69, 9.17) is 0 Å². The molecule has 1 N–H and O–H groups in total. The number of fused-ring (bicyclic) bond motifs is 1. The summed E-state index contributed by atoms with van der Waals surface area (Å²) < 4.78 is 0. The molecule has 0 fully saturated rings. The summed E-state index contributed by atoms with van der Waals surface area (Å²) in [5, 5.41) is 2.62. The summed E-state index contributed by atoms with van der Waals surface area (Å²) in [4.78, 5) is 19.6. The van der Waals surface area contributed by atoms with E-state index < -0.39 is 6.09 Å². The largest absolute Gasteiger partial charge is 0.438 e. The Labute approximate surface area is 101 Å². The van der Waals surface area contributed by atoms with Crippen molar-refractivity contribution in [2.75, 3.05) is 7.11 Å². The molecule has 92 valence electrons. The zero-order valence-electron chi connectivity index (χ0n) is 9.99. The highest BCUT2D eigenvalue weighted by atomic mass is 17.2. The molecule has 0 unspecified atom stereocenters. The Balaban J connectivity index is 1.95. The lowest BCUT2D eigenvalue weighted by molar-refractivity contribution is -0.213. The van der Waals surface area contributed by atoms with Gasteiger partial charge in [0.25, 0.3) is 0 Å². The van der Waals surface area contributed by atoms with Crippen LogP contribution in [0.3, 0.4) is 0 Å². The molecular formula is C13H17NO3. The summed E-state index contributed by atoms with van der Waals surface area (Å²) in [6, 6.07) is 6.38. The Kier molecular flexibility index (Phi) is 3.98. The number of hydrogen-bond acceptors (Lipinski definition) is 3. The van der Waals surface area contributed by atoms with E-state index in [1.165, 1.54) is 37.5 Å². The predicted octanol–water partition coefficient (Wildman–Crippen LogP) is 2.35. The number of amides is 1. The number of hydrogen-bond donors (Lipinski definition) is 1. The molecule has 0 saturated heterocycles. The number of nitrogens with one attached hydrogen (secondary N) is 1. The van der Waals surface area contributed by atoms with Gasteiger partial charge < -0.3 is 5.32 Å². The second-order valence-electron chi connectivity index (χ2n) is 4.20. The first-order valence-corrected chi connectivity index (χ1v) is 5.89. The highest BCUT2D eigenvalue weighted by Crippen LogP contribution is 2.22. The molecule has 2 rings (SSSR count). The van der Waals surface area contributed by atoms with Crippen molar-refractivity contribution in [2.24, 2.45) is 0 Å². The molecule has 0 atom stereocenters. The SMILES string of the molecule is COOC(=O)NCc1ccc2c(c1)CCCC2. The molecule has 0 spiro atoms. The average Bonchev–Trinajstić information content (AvgIpc) is 2.36. The maximum Gasteiger partial charge on any atom is 0.438 e. The molecule has 0 bridgehead atoms. The quantitative estimate of drug-likeness (QED) is 0.646. The van der Waals surface area contributed by atoms with Crippen molar-refractivity contribution < 1.29 is 14.6 Å². The molecule has 0 saturated carbocycles. The Bertz CT molecular complexity index is 404. The van der Waals surface area contributed by atoms with Crippen molar-refractivity contribution in [2.45, 2.75) is 32.2 Å². The van der Waals surface area contributed by atoms with Crippen LogP contribution in [-0.4, -0.2) is 13.2 Å². The standard InChI is InChI=1S/C13H17NO3/c1-16-17-13(15)14-9-10-6-7-11-4-2-3-5-12(11)8-10/h6-8H,2-5,9H2,1H3,(H,14,15). The number of rotatable bonds is 3. The number of aryl methyl sites for hydroxylation is 2. The van der Waals surface area contributed by atoms with Crippen LogP contribution < -0.4 is 5.32 Å². The van der Waals surface area contributed by atoms with E-state index in [1.54, 1.807) is 0 Å². The summed E-state index contributed by atoms with van der Waals surface area (Å²) >= 11 is 0. The van der Waals surface area contributed by atoms with Gasteiger partial charge in [0.05, 0.1) is 7.11 Å². The fraction of sp³-hybridized carbons (Fsp3) is 0.462. The molecule has 0 heterocycles. The van der Waals surface area contributed by atoms with E-state index in [2.05, 4.69) is 33.3 Å². The van der Waals surface area contributed by atoms with Crippen LogP contribution >= 0.6 is 0 Å². The van der Waals surface area contributed by atoms with Gasteiger partial charge in [-0.05, 0) is 42.4 Å². The lowest BCUT2D eigenvalue weighted by Gasteiger charge is -2.16. The zero-order valence-corrected chi connectivity index (χ0v) is 9.99. The zero-order chi connectivity index (χ0) is 12.1. The number of carbonyl (C=O) groups is 1. The molecule has 1 aliphatic rings. The van der Waals surface area contributed by atoms with Crippen molar-refractivity contribution in [1.82, 2.24) is 5.32 Å². The minimum Gasteiger partial charge on any atom is -0.315 e. The van der Waals surface area contributed by atoms with Crippen molar-refractivity contribution in [3.63, 3.8) is 0 Å². The van der Waals surface area contributed by atoms with Crippen molar-refractivity contribution in [1.29, 1.82) is 0 Å². The molecule has 17 heavy (non-hydrogen) atoms. The third-order valence-electron chi connectivity index (χ3n) is 3.01. The molecule has 4 nitrogen and oxygen atoms in total. The van der Waals surface area contributed by atoms with Crippen molar-refractivity contribution >= 4 is 6.09 Å². The van der Waals surface area contributed by atoms with Gasteiger partial charge in [-0.3, -0.25) is 4.89 Å². The summed E-state index contributed by atoms with van der Waals surface area (Å²) in [5.41, 5.74) is 3.95. The topological polar surface area (TPSA) is 47.6 Å². The third kappa shape index (κ3) is 3.20. The van der Waals surface area contributed by atoms with Gasteiger partial charge in [-0.25, -0.2) is 4.79 Å². The molecular weight excluding hydrogens is 218 g/mol. The predicted molar refractivity (Wildman–Crippen MR) is 63.4 cm³/mol. The van der Waals surface area contributed by atoms with Gasteiger partial charge in [0.1, 0.15) is 0 Å². The number of carbonyl (C=O) groups excluding carboxylic acids is 1. The van der Waals surface area contributed by atoms with E-state index in [0.717, 1.165) is 12.0 Å². The first-order valence-electron chi connectivity index (χ1n) is 5.89. The van der Waals surface area contributed by atoms with Gasteiger partial charge in [-0.2, -0.15) is 4.89 Å². The fourth-order valence-corrected chi connectivity index (χ4v) is 2.18. The van der Waals surface area contributed by atoms with Crippen molar-refractivity contribution in [3.8, 4) is 0 Å². The molecule has 1 amide bonds. The first-order chi connectivity index (χ1) is 8.29. The van der Waals surface area contributed by atoms with Crippen LogP contribution in [0.15, 0.2) is 18.2 Å². The molecule has 0 radical (unpaired) electrons. The summed E-state index contributed by atoms with van der Waals surface area (Å²) in [5.74, 6) is 0. The van der Waals surface area contributed by atoms with Gasteiger partial charge >= 0.3 is 6.09 Å². The van der Waals surface area contributed by atoms with E-state index in [1.807, 2.05) is 0 Å². The maximum absolute atomic E-state index is 11.0. The van der Waals surface area contributed by atoms with Gasteiger partial charge in [0, 0.05) is 6.54 Å². The Morgan fingerprint density at radius 1 is 1.29 bits per heavy atom. The lowest BCUT2D eigenvalue weighted by atomic mass is 9.90. The number of benzene rings is 1. The van der Waals surface area contributed by atoms with Crippen LogP contribution in [0.2, 0.25) is 0 Å². The third-order valence-corrected chi connectivity index (χ3v) is 3.01. The van der Waals surface area contributed by atoms with E-state index in [0.29, 0.717) is 6.54 Å². The minimum absolute atomic E-state index is 0.468. The van der Waals surface area contributed by atoms with Crippen LogP contribution in [0, 0.1) is 0 Å². The lowest BCUT2D eigenvalue weighted by Crippen LogP contribution is -2.23. The Morgan fingerprint density at radius 3 is 2.82 bits per heavy atom. The Hall–Kier alpha value is -1.55. The van der Waals surface area contributed by atoms with Crippen LogP contribution in [0.5, 0.6) is 0 Å². The molecule has 1 aromatic carbocycles. The molecule has 1 aliphatic carbocycles. The van der Waals surface area contributed by atoms with Crippen LogP contribution in [-0.2, 0) is 29.2 Å². The molecule has 0 aromatic heterocycles. The normalized spacial score (nSPS) is 13.9. The maximum atomic E-state index is 11.0. The average molecular weight is 235 g/mol. The highest BCUT2D eigenvalue weighted by molar-refractivity contribution is 5.66. The monoisotopic (exact) mass is 235 g/mol. The van der Waals surface area contributed by atoms with Gasteiger partial charge in [0.15, 0.2) is 0 Å². The van der Waals surface area contributed by atoms with Crippen LogP contribution in [0.4, 0.5) is 4.79 Å². The summed E-state index contributed by atoms with van der Waals surface area (Å²) in [6.07, 6.45) is 4.30. The molecule has 0 aliphatic heterocycles. The van der Waals surface area contributed by atoms with Gasteiger partial charge in [-0.1, -0.05) is 18.2 Å². The Morgan fingerprint density at radius 2 is 2.06 bits per heavy atom. The summed E-state index contributed by atoms with van der Waals surface area (Å²) in [7, 11) is 1.30. The van der Waals surface area contributed by atoms with E-state index >= 15 is 0 Å². The minimum atomic E-state index is -0.565. The van der Waals surface area contributed by atoms with Gasteiger partial charge in [-0.15, -0.1) is 0 Å². The van der Waals surface area contributed by atoms with Crippen molar-refractivity contribution in [3.05, 3.63) is 34.9 Å². The van der Waals surface area contributed by atoms with Crippen LogP contribution in [0.25, 0.3) is 0 Å². The van der Waals surface area contributed by atoms with Gasteiger partial charge in [0.2, 0.25) is 0 Å². The van der Waals surface area contributed by atoms with E-state index in [-0.39, 0.29) is 0 Å². The smallest absolute Gasteiger partial charge is 0.315 e. The highest BCUT2D eigenvalue weighted by Gasteiger charge is 2.10.